The van der Waals surface area contributed by atoms with Gasteiger partial charge in [0.2, 0.25) is 0 Å². The molecule has 1 aromatic heterocycles. The monoisotopic (exact) mass is 511 g/mol. The molecule has 0 spiro atoms. The fourth-order valence-electron chi connectivity index (χ4n) is 4.92. The van der Waals surface area contributed by atoms with Gasteiger partial charge in [0, 0.05) is 5.56 Å². The number of aryl methyl sites for hydroxylation is 1. The summed E-state index contributed by atoms with van der Waals surface area (Å²) in [5, 5.41) is 15.1. The first-order valence-corrected chi connectivity index (χ1v) is 13.1. The normalized spacial score (nSPS) is 15.6. The number of ether oxygens (including phenoxy) is 2. The summed E-state index contributed by atoms with van der Waals surface area (Å²) in [5.41, 5.74) is 5.79. The van der Waals surface area contributed by atoms with E-state index in [4.69, 9.17) is 14.0 Å². The van der Waals surface area contributed by atoms with Gasteiger partial charge in [0.05, 0.1) is 36.0 Å². The summed E-state index contributed by atoms with van der Waals surface area (Å²) in [6.07, 6.45) is 0.651. The molecule has 0 unspecified atom stereocenters. The van der Waals surface area contributed by atoms with Crippen molar-refractivity contribution in [1.29, 1.82) is 0 Å². The molecular formula is C32H33NO5. The van der Waals surface area contributed by atoms with Gasteiger partial charge in [0.15, 0.2) is 5.76 Å². The van der Waals surface area contributed by atoms with E-state index in [-0.39, 0.29) is 18.7 Å². The highest BCUT2D eigenvalue weighted by molar-refractivity contribution is 5.87. The molecule has 3 aromatic carbocycles. The number of nitrogens with zero attached hydrogens (tertiary/aromatic N) is 1. The van der Waals surface area contributed by atoms with Gasteiger partial charge >= 0.3 is 5.97 Å². The lowest BCUT2D eigenvalue weighted by molar-refractivity contribution is -0.146. The molecule has 1 N–H and O–H groups in total. The Morgan fingerprint density at radius 3 is 2.18 bits per heavy atom. The summed E-state index contributed by atoms with van der Waals surface area (Å²) in [6, 6.07) is 26.0. The van der Waals surface area contributed by atoms with Gasteiger partial charge in [-0.2, -0.15) is 0 Å². The van der Waals surface area contributed by atoms with Crippen LogP contribution in [0.25, 0.3) is 22.5 Å². The number of aromatic nitrogens is 1. The summed E-state index contributed by atoms with van der Waals surface area (Å²) in [7, 11) is 0. The Bertz CT molecular complexity index is 1370. The minimum absolute atomic E-state index is 0.127. The van der Waals surface area contributed by atoms with Gasteiger partial charge in [0.25, 0.3) is 0 Å². The summed E-state index contributed by atoms with van der Waals surface area (Å²) in [4.78, 5) is 12.4. The second-order valence-electron chi connectivity index (χ2n) is 9.87. The van der Waals surface area contributed by atoms with Crippen LogP contribution in [0.1, 0.15) is 61.3 Å². The quantitative estimate of drug-likeness (QED) is 0.238. The average Bonchev–Trinajstić information content (AvgIpc) is 3.68. The molecule has 38 heavy (non-hydrogen) atoms. The molecule has 0 bridgehead atoms. The van der Waals surface area contributed by atoms with Gasteiger partial charge < -0.3 is 19.1 Å². The zero-order valence-corrected chi connectivity index (χ0v) is 22.0. The van der Waals surface area contributed by atoms with Crippen LogP contribution in [-0.2, 0) is 19.7 Å². The van der Waals surface area contributed by atoms with Crippen molar-refractivity contribution in [2.75, 3.05) is 13.2 Å². The molecule has 1 heterocycles. The second kappa shape index (κ2) is 10.9. The van der Waals surface area contributed by atoms with Crippen molar-refractivity contribution < 1.29 is 23.9 Å². The Kier molecular flexibility index (Phi) is 7.45. The average molecular weight is 512 g/mol. The van der Waals surface area contributed by atoms with Crippen molar-refractivity contribution in [3.63, 3.8) is 0 Å². The molecule has 1 saturated carbocycles. The minimum Gasteiger partial charge on any atom is -0.465 e. The lowest BCUT2D eigenvalue weighted by atomic mass is 9.93. The number of aliphatic hydroxyl groups is 1. The summed E-state index contributed by atoms with van der Waals surface area (Å²) >= 11 is 0. The topological polar surface area (TPSA) is 81.8 Å². The number of hydrogen-bond donors (Lipinski definition) is 1. The SMILES string of the molecule is CCOC(=O)C1(c2ccc(-c3ccc(-c4onc(C)c4[C@H](O)CO[C@H](C)c4ccccc4)cc3)cc2)CC1. The van der Waals surface area contributed by atoms with E-state index in [1.807, 2.05) is 99.6 Å². The van der Waals surface area contributed by atoms with Crippen molar-refractivity contribution in [2.45, 2.75) is 51.2 Å². The third kappa shape index (κ3) is 5.15. The Morgan fingerprint density at radius 1 is 0.974 bits per heavy atom. The molecule has 0 aliphatic heterocycles. The number of carbonyl (C=O) groups is 1. The van der Waals surface area contributed by atoms with Crippen LogP contribution in [0.5, 0.6) is 0 Å². The zero-order chi connectivity index (χ0) is 26.7. The van der Waals surface area contributed by atoms with E-state index in [2.05, 4.69) is 5.16 Å². The number of carbonyl (C=O) groups excluding carboxylic acids is 1. The van der Waals surface area contributed by atoms with Gasteiger partial charge in [-0.1, -0.05) is 84.0 Å². The van der Waals surface area contributed by atoms with E-state index in [0.717, 1.165) is 40.7 Å². The summed E-state index contributed by atoms with van der Waals surface area (Å²) in [6.45, 7) is 6.16. The molecule has 2 atom stereocenters. The molecule has 5 rings (SSSR count). The highest BCUT2D eigenvalue weighted by Crippen LogP contribution is 2.49. The molecule has 4 aromatic rings. The maximum Gasteiger partial charge on any atom is 0.316 e. The molecule has 1 aliphatic carbocycles. The second-order valence-corrected chi connectivity index (χ2v) is 9.87. The first-order chi connectivity index (χ1) is 18.4. The molecule has 196 valence electrons. The van der Waals surface area contributed by atoms with Crippen molar-refractivity contribution in [1.82, 2.24) is 5.16 Å². The van der Waals surface area contributed by atoms with E-state index in [9.17, 15) is 9.90 Å². The largest absolute Gasteiger partial charge is 0.465 e. The number of hydrogen-bond acceptors (Lipinski definition) is 6. The first kappa shape index (κ1) is 25.9. The van der Waals surface area contributed by atoms with Crippen LogP contribution in [0.2, 0.25) is 0 Å². The van der Waals surface area contributed by atoms with Crippen LogP contribution in [-0.4, -0.2) is 29.4 Å². The van der Waals surface area contributed by atoms with Gasteiger partial charge in [-0.15, -0.1) is 0 Å². The lowest BCUT2D eigenvalue weighted by Crippen LogP contribution is -2.23. The number of rotatable bonds is 10. The lowest BCUT2D eigenvalue weighted by Gasteiger charge is -2.17. The third-order valence-corrected chi connectivity index (χ3v) is 7.35. The van der Waals surface area contributed by atoms with Crippen LogP contribution in [0.3, 0.4) is 0 Å². The molecular weight excluding hydrogens is 478 g/mol. The van der Waals surface area contributed by atoms with Crippen LogP contribution in [0, 0.1) is 6.92 Å². The molecule has 6 heteroatoms. The minimum atomic E-state index is -0.872. The van der Waals surface area contributed by atoms with E-state index >= 15 is 0 Å². The highest BCUT2D eigenvalue weighted by Gasteiger charge is 2.52. The van der Waals surface area contributed by atoms with Crippen LogP contribution in [0.4, 0.5) is 0 Å². The fourth-order valence-corrected chi connectivity index (χ4v) is 4.92. The molecule has 0 amide bonds. The maximum absolute atomic E-state index is 12.4. The Hall–Kier alpha value is -3.74. The number of esters is 1. The Morgan fingerprint density at radius 2 is 1.58 bits per heavy atom. The highest BCUT2D eigenvalue weighted by atomic mass is 16.5. The smallest absolute Gasteiger partial charge is 0.316 e. The number of benzene rings is 3. The van der Waals surface area contributed by atoms with E-state index < -0.39 is 11.5 Å². The Balaban J connectivity index is 1.29. The fraction of sp³-hybridized carbons (Fsp3) is 0.312. The third-order valence-electron chi connectivity index (χ3n) is 7.35. The molecule has 1 aliphatic rings. The van der Waals surface area contributed by atoms with E-state index in [1.54, 1.807) is 0 Å². The molecule has 0 radical (unpaired) electrons. The molecule has 1 fully saturated rings. The van der Waals surface area contributed by atoms with Gasteiger partial charge in [-0.05, 0) is 55.9 Å². The van der Waals surface area contributed by atoms with Crippen molar-refractivity contribution in [3.05, 3.63) is 101 Å². The van der Waals surface area contributed by atoms with Crippen molar-refractivity contribution in [2.24, 2.45) is 0 Å². The standard InChI is InChI=1S/C32H33NO5/c1-4-36-31(35)32(18-19-32)27-16-14-25(15-17-27)24-10-12-26(13-11-24)30-29(21(2)33-38-30)28(34)20-37-22(3)23-8-6-5-7-9-23/h5-17,22,28,34H,4,18-20H2,1-3H3/t22-,28-/m1/s1. The van der Waals surface area contributed by atoms with E-state index in [1.165, 1.54) is 0 Å². The predicted octanol–water partition coefficient (Wildman–Crippen LogP) is 6.72. The van der Waals surface area contributed by atoms with Crippen molar-refractivity contribution >= 4 is 5.97 Å². The summed E-state index contributed by atoms with van der Waals surface area (Å²) < 4.78 is 16.9. The zero-order valence-electron chi connectivity index (χ0n) is 22.0. The van der Waals surface area contributed by atoms with E-state index in [0.29, 0.717) is 23.6 Å². The Labute approximate surface area is 223 Å². The summed E-state index contributed by atoms with van der Waals surface area (Å²) in [5.74, 6) is 0.412. The van der Waals surface area contributed by atoms with Crippen LogP contribution in [0.15, 0.2) is 83.4 Å². The van der Waals surface area contributed by atoms with Gasteiger partial charge in [-0.25, -0.2) is 0 Å². The predicted molar refractivity (Wildman–Crippen MR) is 145 cm³/mol. The van der Waals surface area contributed by atoms with Gasteiger partial charge in [-0.3, -0.25) is 4.79 Å². The first-order valence-electron chi connectivity index (χ1n) is 13.1. The molecule has 6 nitrogen and oxygen atoms in total. The van der Waals surface area contributed by atoms with Crippen molar-refractivity contribution in [3.8, 4) is 22.5 Å². The van der Waals surface area contributed by atoms with Gasteiger partial charge in [0.1, 0.15) is 6.10 Å². The number of aliphatic hydroxyl groups excluding tert-OH is 1. The van der Waals surface area contributed by atoms with Crippen LogP contribution < -0.4 is 0 Å². The van der Waals surface area contributed by atoms with Crippen LogP contribution >= 0.6 is 0 Å². The maximum atomic E-state index is 12.4. The molecule has 0 saturated heterocycles.